The number of nitrogens with one attached hydrogen (secondary N) is 1. The molecule has 0 atom stereocenters. The molecular weight excluding hydrogens is 280 g/mol. The lowest BCUT2D eigenvalue weighted by molar-refractivity contribution is 0.570. The van der Waals surface area contributed by atoms with E-state index in [4.69, 9.17) is 5.73 Å². The monoisotopic (exact) mass is 302 g/mol. The molecule has 0 amide bonds. The highest BCUT2D eigenvalue weighted by Gasteiger charge is 2.22. The quantitative estimate of drug-likeness (QED) is 0.841. The van der Waals surface area contributed by atoms with E-state index < -0.39 is 10.0 Å². The van der Waals surface area contributed by atoms with Crippen LogP contribution in [0.15, 0.2) is 23.1 Å². The molecule has 1 aromatic carbocycles. The van der Waals surface area contributed by atoms with Crippen LogP contribution >= 0.6 is 11.8 Å². The van der Waals surface area contributed by atoms with Crippen molar-refractivity contribution in [2.24, 2.45) is 5.73 Å². The fraction of sp³-hybridized carbons (Fsp3) is 0.538. The molecule has 0 aliphatic carbocycles. The van der Waals surface area contributed by atoms with Gasteiger partial charge < -0.3 is 5.73 Å². The van der Waals surface area contributed by atoms with Crippen LogP contribution in [0.4, 0.5) is 0 Å². The standard InChI is InChI=1S/C13H22N2O2S2/c1-10-5-6-11(8-14)7-12(10)19(16,17)15-9-13(2,3)18-4/h5-7,15H,8-9,14H2,1-4H3. The van der Waals surface area contributed by atoms with Crippen LogP contribution in [0.1, 0.15) is 25.0 Å². The Hall–Kier alpha value is -0.560. The fourth-order valence-corrected chi connectivity index (χ4v) is 3.29. The molecule has 0 aliphatic heterocycles. The van der Waals surface area contributed by atoms with Gasteiger partial charge in [0.1, 0.15) is 0 Å². The molecule has 0 fully saturated rings. The predicted molar refractivity (Wildman–Crippen MR) is 81.9 cm³/mol. The molecule has 108 valence electrons. The molecule has 0 bridgehead atoms. The van der Waals surface area contributed by atoms with Crippen molar-refractivity contribution >= 4 is 21.8 Å². The van der Waals surface area contributed by atoms with Crippen molar-refractivity contribution in [3.63, 3.8) is 0 Å². The summed E-state index contributed by atoms with van der Waals surface area (Å²) in [6.45, 7) is 6.52. The molecule has 4 nitrogen and oxygen atoms in total. The van der Waals surface area contributed by atoms with Gasteiger partial charge in [0.25, 0.3) is 0 Å². The van der Waals surface area contributed by atoms with Crippen molar-refractivity contribution in [3.8, 4) is 0 Å². The minimum absolute atomic E-state index is 0.132. The average Bonchev–Trinajstić information content (AvgIpc) is 2.37. The Morgan fingerprint density at radius 2 is 2.00 bits per heavy atom. The Morgan fingerprint density at radius 1 is 1.37 bits per heavy atom. The first kappa shape index (κ1) is 16.5. The fourth-order valence-electron chi connectivity index (χ4n) is 1.48. The minimum atomic E-state index is -3.49. The molecule has 0 aromatic heterocycles. The summed E-state index contributed by atoms with van der Waals surface area (Å²) in [5.74, 6) is 0. The van der Waals surface area contributed by atoms with Gasteiger partial charge in [-0.2, -0.15) is 11.8 Å². The van der Waals surface area contributed by atoms with E-state index in [1.165, 1.54) is 0 Å². The molecule has 1 aromatic rings. The van der Waals surface area contributed by atoms with Gasteiger partial charge in [0.15, 0.2) is 0 Å². The highest BCUT2D eigenvalue weighted by molar-refractivity contribution is 8.00. The zero-order chi connectivity index (χ0) is 14.7. The normalized spacial score (nSPS) is 12.7. The molecule has 19 heavy (non-hydrogen) atoms. The Kier molecular flexibility index (Phi) is 5.43. The first-order valence-electron chi connectivity index (χ1n) is 6.06. The smallest absolute Gasteiger partial charge is 0.240 e. The first-order valence-corrected chi connectivity index (χ1v) is 8.77. The van der Waals surface area contributed by atoms with Gasteiger partial charge in [0.05, 0.1) is 4.90 Å². The molecule has 0 saturated carbocycles. The molecule has 1 rings (SSSR count). The zero-order valence-electron chi connectivity index (χ0n) is 11.9. The van der Waals surface area contributed by atoms with Gasteiger partial charge in [-0.15, -0.1) is 0 Å². The molecule has 3 N–H and O–H groups in total. The molecule has 6 heteroatoms. The lowest BCUT2D eigenvalue weighted by atomic mass is 10.1. The van der Waals surface area contributed by atoms with E-state index in [-0.39, 0.29) is 4.75 Å². The molecule has 0 aliphatic rings. The highest BCUT2D eigenvalue weighted by Crippen LogP contribution is 2.22. The van der Waals surface area contributed by atoms with Gasteiger partial charge in [-0.05, 0) is 44.2 Å². The van der Waals surface area contributed by atoms with Crippen molar-refractivity contribution in [3.05, 3.63) is 29.3 Å². The molecular formula is C13H22N2O2S2. The van der Waals surface area contributed by atoms with Gasteiger partial charge in [0, 0.05) is 17.8 Å². The van der Waals surface area contributed by atoms with Crippen LogP contribution < -0.4 is 10.5 Å². The molecule has 0 heterocycles. The van der Waals surface area contributed by atoms with E-state index >= 15 is 0 Å². The molecule has 0 unspecified atom stereocenters. The predicted octanol–water partition coefficient (Wildman–Crippen LogP) is 1.87. The van der Waals surface area contributed by atoms with Gasteiger partial charge in [-0.25, -0.2) is 13.1 Å². The summed E-state index contributed by atoms with van der Waals surface area (Å²) in [7, 11) is -3.49. The van der Waals surface area contributed by atoms with E-state index in [0.717, 1.165) is 11.1 Å². The number of benzene rings is 1. The number of hydrogen-bond acceptors (Lipinski definition) is 4. The maximum Gasteiger partial charge on any atom is 0.240 e. The van der Waals surface area contributed by atoms with Crippen LogP contribution in [-0.2, 0) is 16.6 Å². The zero-order valence-corrected chi connectivity index (χ0v) is 13.5. The Labute approximate surface area is 120 Å². The molecule has 0 saturated heterocycles. The largest absolute Gasteiger partial charge is 0.326 e. The maximum atomic E-state index is 12.3. The number of hydrogen-bond donors (Lipinski definition) is 2. The van der Waals surface area contributed by atoms with Gasteiger partial charge >= 0.3 is 0 Å². The SMILES string of the molecule is CSC(C)(C)CNS(=O)(=O)c1cc(CN)ccc1C. The van der Waals surface area contributed by atoms with Crippen molar-refractivity contribution < 1.29 is 8.42 Å². The minimum Gasteiger partial charge on any atom is -0.326 e. The average molecular weight is 302 g/mol. The summed E-state index contributed by atoms with van der Waals surface area (Å²) in [5.41, 5.74) is 7.10. The van der Waals surface area contributed by atoms with Gasteiger partial charge in [-0.3, -0.25) is 0 Å². The van der Waals surface area contributed by atoms with E-state index in [0.29, 0.717) is 18.0 Å². The van der Waals surface area contributed by atoms with Crippen LogP contribution in [0.2, 0.25) is 0 Å². The Balaban J connectivity index is 3.00. The third-order valence-electron chi connectivity index (χ3n) is 3.02. The Bertz CT molecular complexity index is 540. The first-order chi connectivity index (χ1) is 8.72. The van der Waals surface area contributed by atoms with E-state index in [9.17, 15) is 8.42 Å². The summed E-state index contributed by atoms with van der Waals surface area (Å²) in [5, 5.41) is 0. The van der Waals surface area contributed by atoms with Crippen molar-refractivity contribution in [1.82, 2.24) is 4.72 Å². The van der Waals surface area contributed by atoms with Crippen LogP contribution in [0.3, 0.4) is 0 Å². The summed E-state index contributed by atoms with van der Waals surface area (Å²) < 4.78 is 27.2. The van der Waals surface area contributed by atoms with Crippen LogP contribution in [-0.4, -0.2) is 26.0 Å². The second-order valence-electron chi connectivity index (χ2n) is 5.09. The molecule has 0 radical (unpaired) electrons. The third kappa shape index (κ3) is 4.49. The summed E-state index contributed by atoms with van der Waals surface area (Å²) >= 11 is 1.63. The second kappa shape index (κ2) is 6.26. The van der Waals surface area contributed by atoms with Gasteiger partial charge in [-0.1, -0.05) is 12.1 Å². The second-order valence-corrected chi connectivity index (χ2v) is 8.34. The number of thioether (sulfide) groups is 1. The van der Waals surface area contributed by atoms with Crippen LogP contribution in [0.5, 0.6) is 0 Å². The van der Waals surface area contributed by atoms with E-state index in [1.807, 2.05) is 26.2 Å². The lowest BCUT2D eigenvalue weighted by Crippen LogP contribution is -2.36. The van der Waals surface area contributed by atoms with Crippen molar-refractivity contribution in [1.29, 1.82) is 0 Å². The summed E-state index contributed by atoms with van der Waals surface area (Å²) in [4.78, 5) is 0.312. The van der Waals surface area contributed by atoms with Gasteiger partial charge in [0.2, 0.25) is 10.0 Å². The van der Waals surface area contributed by atoms with E-state index in [1.54, 1.807) is 30.8 Å². The highest BCUT2D eigenvalue weighted by atomic mass is 32.2. The Morgan fingerprint density at radius 3 is 2.53 bits per heavy atom. The van der Waals surface area contributed by atoms with Crippen LogP contribution in [0.25, 0.3) is 0 Å². The third-order valence-corrected chi connectivity index (χ3v) is 5.81. The molecule has 0 spiro atoms. The maximum absolute atomic E-state index is 12.3. The summed E-state index contributed by atoms with van der Waals surface area (Å²) in [6, 6.07) is 5.28. The number of aryl methyl sites for hydroxylation is 1. The van der Waals surface area contributed by atoms with Crippen molar-refractivity contribution in [2.75, 3.05) is 12.8 Å². The number of nitrogens with two attached hydrogens (primary N) is 1. The lowest BCUT2D eigenvalue weighted by Gasteiger charge is -2.22. The number of rotatable bonds is 6. The van der Waals surface area contributed by atoms with Crippen LogP contribution in [0, 0.1) is 6.92 Å². The number of sulfonamides is 1. The topological polar surface area (TPSA) is 72.2 Å². The van der Waals surface area contributed by atoms with E-state index in [2.05, 4.69) is 4.72 Å². The summed E-state index contributed by atoms with van der Waals surface area (Å²) in [6.07, 6.45) is 1.97. The van der Waals surface area contributed by atoms with Crippen molar-refractivity contribution in [2.45, 2.75) is 37.0 Å².